The zero-order chi connectivity index (χ0) is 16.5. The Kier molecular flexibility index (Phi) is 3.69. The first kappa shape index (κ1) is 14.8. The van der Waals surface area contributed by atoms with Gasteiger partial charge in [0.2, 0.25) is 5.88 Å². The predicted octanol–water partition coefficient (Wildman–Crippen LogP) is 4.57. The van der Waals surface area contributed by atoms with Crippen LogP contribution in [0.15, 0.2) is 53.1 Å². The molecule has 1 atom stereocenters. The van der Waals surface area contributed by atoms with E-state index in [2.05, 4.69) is 23.9 Å². The summed E-state index contributed by atoms with van der Waals surface area (Å²) in [5.41, 5.74) is 2.43. The number of rotatable bonds is 5. The largest absolute Gasteiger partial charge is 0.476 e. The fourth-order valence-electron chi connectivity index (χ4n) is 2.56. The second-order valence-corrected chi connectivity index (χ2v) is 6.06. The smallest absolute Gasteiger partial charge is 0.231 e. The normalized spacial score (nSPS) is 12.8. The van der Waals surface area contributed by atoms with E-state index in [1.807, 2.05) is 42.5 Å². The molecule has 1 unspecified atom stereocenters. The molecule has 24 heavy (non-hydrogen) atoms. The van der Waals surface area contributed by atoms with Crippen LogP contribution in [0.4, 0.5) is 0 Å². The highest BCUT2D eigenvalue weighted by Gasteiger charge is 2.13. The van der Waals surface area contributed by atoms with Crippen LogP contribution in [0.25, 0.3) is 28.1 Å². The number of furan rings is 1. The molecule has 0 spiro atoms. The van der Waals surface area contributed by atoms with Crippen molar-refractivity contribution in [2.24, 2.45) is 5.92 Å². The summed E-state index contributed by atoms with van der Waals surface area (Å²) in [5, 5.41) is 5.62. The summed E-state index contributed by atoms with van der Waals surface area (Å²) < 4.78 is 13.5. The lowest BCUT2D eigenvalue weighted by molar-refractivity contribution is 0.244. The molecule has 0 aliphatic heterocycles. The fourth-order valence-corrected chi connectivity index (χ4v) is 2.56. The van der Waals surface area contributed by atoms with Crippen LogP contribution in [-0.2, 0) is 0 Å². The monoisotopic (exact) mass is 321 g/mol. The van der Waals surface area contributed by atoms with Crippen LogP contribution in [-0.4, -0.2) is 21.2 Å². The Morgan fingerprint density at radius 2 is 2.08 bits per heavy atom. The summed E-state index contributed by atoms with van der Waals surface area (Å²) in [6.07, 6.45) is 2.86. The summed E-state index contributed by atoms with van der Waals surface area (Å²) in [6, 6.07) is 13.7. The number of imidazole rings is 1. The summed E-state index contributed by atoms with van der Waals surface area (Å²) in [4.78, 5) is 4.40. The van der Waals surface area contributed by atoms with Crippen LogP contribution in [0.5, 0.6) is 5.88 Å². The maximum Gasteiger partial charge on any atom is 0.231 e. The Labute approximate surface area is 139 Å². The zero-order valence-electron chi connectivity index (χ0n) is 13.8. The quantitative estimate of drug-likeness (QED) is 0.540. The van der Waals surface area contributed by atoms with Gasteiger partial charge in [0.1, 0.15) is 11.3 Å². The van der Waals surface area contributed by atoms with E-state index in [-0.39, 0.29) is 0 Å². The van der Waals surface area contributed by atoms with Gasteiger partial charge >= 0.3 is 0 Å². The molecule has 0 saturated carbocycles. The van der Waals surface area contributed by atoms with Gasteiger partial charge in [0, 0.05) is 11.5 Å². The summed E-state index contributed by atoms with van der Waals surface area (Å²) in [7, 11) is 0. The van der Waals surface area contributed by atoms with Crippen molar-refractivity contribution < 1.29 is 9.15 Å². The zero-order valence-corrected chi connectivity index (χ0v) is 13.8. The van der Waals surface area contributed by atoms with Crippen molar-refractivity contribution in [2.75, 3.05) is 6.61 Å². The lowest BCUT2D eigenvalue weighted by Crippen LogP contribution is -2.09. The molecule has 0 amide bonds. The second kappa shape index (κ2) is 6.00. The van der Waals surface area contributed by atoms with Gasteiger partial charge in [0.15, 0.2) is 11.4 Å². The third-order valence-corrected chi connectivity index (χ3v) is 4.23. The molecule has 0 fully saturated rings. The van der Waals surface area contributed by atoms with Gasteiger partial charge in [-0.15, -0.1) is 5.10 Å². The highest BCUT2D eigenvalue weighted by Crippen LogP contribution is 2.28. The molecule has 0 N–H and O–H groups in total. The number of fused-ring (bicyclic) bond motifs is 2. The number of ether oxygens (including phenoxy) is 1. The third kappa shape index (κ3) is 2.62. The van der Waals surface area contributed by atoms with E-state index in [1.54, 1.807) is 10.7 Å². The van der Waals surface area contributed by atoms with Crippen molar-refractivity contribution in [2.45, 2.75) is 20.3 Å². The highest BCUT2D eigenvalue weighted by atomic mass is 16.5. The van der Waals surface area contributed by atoms with Crippen molar-refractivity contribution in [3.63, 3.8) is 0 Å². The minimum absolute atomic E-state index is 0.500. The van der Waals surface area contributed by atoms with Crippen LogP contribution in [0, 0.1) is 5.92 Å². The van der Waals surface area contributed by atoms with Gasteiger partial charge in [-0.2, -0.15) is 0 Å². The average Bonchev–Trinajstić information content (AvgIpc) is 3.22. The Morgan fingerprint density at radius 3 is 2.92 bits per heavy atom. The molecule has 122 valence electrons. The maximum atomic E-state index is 5.93. The molecular formula is C19H19N3O2. The van der Waals surface area contributed by atoms with E-state index in [0.717, 1.165) is 34.5 Å². The van der Waals surface area contributed by atoms with Gasteiger partial charge < -0.3 is 9.15 Å². The third-order valence-electron chi connectivity index (χ3n) is 4.23. The first-order valence-corrected chi connectivity index (χ1v) is 8.21. The molecule has 0 saturated heterocycles. The van der Waals surface area contributed by atoms with Crippen molar-refractivity contribution in [1.82, 2.24) is 14.6 Å². The Morgan fingerprint density at radius 1 is 1.21 bits per heavy atom. The first-order valence-electron chi connectivity index (χ1n) is 8.21. The number of hydrogen-bond acceptors (Lipinski definition) is 4. The second-order valence-electron chi connectivity index (χ2n) is 6.06. The van der Waals surface area contributed by atoms with E-state index < -0.39 is 0 Å². The van der Waals surface area contributed by atoms with E-state index in [1.165, 1.54) is 0 Å². The Balaban J connectivity index is 1.72. The molecule has 0 aliphatic carbocycles. The van der Waals surface area contributed by atoms with Crippen molar-refractivity contribution >= 4 is 16.6 Å². The van der Waals surface area contributed by atoms with Crippen molar-refractivity contribution in [3.05, 3.63) is 48.7 Å². The molecule has 3 heterocycles. The lowest BCUT2D eigenvalue weighted by atomic mass is 10.1. The SMILES string of the molecule is CCC(C)COc1ccc2ncc(-c3cc4ccccc4o3)n2n1. The van der Waals surface area contributed by atoms with Gasteiger partial charge in [-0.1, -0.05) is 38.5 Å². The minimum atomic E-state index is 0.500. The lowest BCUT2D eigenvalue weighted by Gasteiger charge is -2.10. The number of para-hydroxylation sites is 1. The molecule has 4 aromatic rings. The van der Waals surface area contributed by atoms with E-state index in [9.17, 15) is 0 Å². The van der Waals surface area contributed by atoms with Crippen LogP contribution < -0.4 is 4.74 Å². The molecular weight excluding hydrogens is 302 g/mol. The number of hydrogen-bond donors (Lipinski definition) is 0. The molecule has 5 nitrogen and oxygen atoms in total. The maximum absolute atomic E-state index is 5.93. The van der Waals surface area contributed by atoms with Gasteiger partial charge in [-0.05, 0) is 24.1 Å². The first-order chi connectivity index (χ1) is 11.7. The van der Waals surface area contributed by atoms with Crippen LogP contribution in [0.3, 0.4) is 0 Å². The molecule has 3 aromatic heterocycles. The van der Waals surface area contributed by atoms with Crippen molar-refractivity contribution in [3.8, 4) is 17.3 Å². The summed E-state index contributed by atoms with van der Waals surface area (Å²) >= 11 is 0. The fraction of sp³-hybridized carbons (Fsp3) is 0.263. The number of aromatic nitrogens is 3. The minimum Gasteiger partial charge on any atom is -0.476 e. The average molecular weight is 321 g/mol. The van der Waals surface area contributed by atoms with E-state index in [0.29, 0.717) is 18.4 Å². The van der Waals surface area contributed by atoms with Gasteiger partial charge in [0.05, 0.1) is 12.8 Å². The number of nitrogens with zero attached hydrogens (tertiary/aromatic N) is 3. The van der Waals surface area contributed by atoms with Gasteiger partial charge in [-0.3, -0.25) is 0 Å². The van der Waals surface area contributed by atoms with Crippen molar-refractivity contribution in [1.29, 1.82) is 0 Å². The van der Waals surface area contributed by atoms with Gasteiger partial charge in [-0.25, -0.2) is 9.50 Å². The topological polar surface area (TPSA) is 52.6 Å². The predicted molar refractivity (Wildman–Crippen MR) is 93.1 cm³/mol. The molecule has 1 aromatic carbocycles. The van der Waals surface area contributed by atoms with Crippen LogP contribution >= 0.6 is 0 Å². The molecule has 0 bridgehead atoms. The molecule has 0 radical (unpaired) electrons. The summed E-state index contributed by atoms with van der Waals surface area (Å²) in [6.45, 7) is 4.97. The van der Waals surface area contributed by atoms with E-state index in [4.69, 9.17) is 9.15 Å². The standard InChI is InChI=1S/C19H19N3O2/c1-3-13(2)12-23-19-9-8-18-20-11-15(22(18)21-19)17-10-14-6-4-5-7-16(14)24-17/h4-11,13H,3,12H2,1-2H3. The molecule has 4 rings (SSSR count). The summed E-state index contributed by atoms with van der Waals surface area (Å²) in [5.74, 6) is 1.84. The van der Waals surface area contributed by atoms with Gasteiger partial charge in [0.25, 0.3) is 0 Å². The van der Waals surface area contributed by atoms with E-state index >= 15 is 0 Å². The Bertz CT molecular complexity index is 954. The van der Waals surface area contributed by atoms with Crippen LogP contribution in [0.1, 0.15) is 20.3 Å². The molecule has 5 heteroatoms. The highest BCUT2D eigenvalue weighted by molar-refractivity contribution is 5.82. The van der Waals surface area contributed by atoms with Crippen LogP contribution in [0.2, 0.25) is 0 Å². The molecule has 0 aliphatic rings. The number of benzene rings is 1. The Hall–Kier alpha value is -2.82.